The molecule has 0 spiro atoms. The average molecular weight is 568 g/mol. The number of carboxylic acids is 1. The molecule has 3 saturated carbocycles. The van der Waals surface area contributed by atoms with Crippen LogP contribution in [0.1, 0.15) is 111 Å². The van der Waals surface area contributed by atoms with Crippen LogP contribution in [0.15, 0.2) is 24.2 Å². The minimum Gasteiger partial charge on any atom is -0.480 e. The number of carboxylic acid groups (broad SMARTS) is 1. The van der Waals surface area contributed by atoms with Gasteiger partial charge >= 0.3 is 12.1 Å². The summed E-state index contributed by atoms with van der Waals surface area (Å²) in [7, 11) is 0. The molecule has 4 aliphatic rings. The van der Waals surface area contributed by atoms with Crippen LogP contribution in [-0.2, 0) is 16.0 Å². The summed E-state index contributed by atoms with van der Waals surface area (Å²) in [4.78, 5) is 31.3. The molecule has 0 bridgehead atoms. The van der Waals surface area contributed by atoms with Crippen LogP contribution in [0.5, 0.6) is 0 Å². The fourth-order valence-electron chi connectivity index (χ4n) is 9.90. The van der Waals surface area contributed by atoms with Gasteiger partial charge in [0.15, 0.2) is 0 Å². The van der Waals surface area contributed by atoms with Gasteiger partial charge < -0.3 is 20.1 Å². The summed E-state index contributed by atoms with van der Waals surface area (Å²) in [5.74, 6) is 3.73. The van der Waals surface area contributed by atoms with E-state index in [0.717, 1.165) is 61.2 Å². The molecule has 0 saturated heterocycles. The lowest BCUT2D eigenvalue weighted by atomic mass is 9.47. The summed E-state index contributed by atoms with van der Waals surface area (Å²) in [6.07, 6.45) is 18.2. The van der Waals surface area contributed by atoms with Gasteiger partial charge in [0, 0.05) is 24.7 Å². The Bertz CT molecular complexity index is 1100. The third-order valence-corrected chi connectivity index (χ3v) is 12.1. The second-order valence-electron chi connectivity index (χ2n) is 14.9. The van der Waals surface area contributed by atoms with Gasteiger partial charge in [0.2, 0.25) is 0 Å². The maximum atomic E-state index is 12.7. The Labute approximate surface area is 246 Å². The normalized spacial score (nSPS) is 36.0. The van der Waals surface area contributed by atoms with Crippen molar-refractivity contribution in [1.82, 2.24) is 15.3 Å². The molecular formula is C34H53N3O4. The Kier molecular flexibility index (Phi) is 8.92. The number of ether oxygens (including phenoxy) is 1. The van der Waals surface area contributed by atoms with Crippen molar-refractivity contribution < 1.29 is 19.4 Å². The van der Waals surface area contributed by atoms with Crippen molar-refractivity contribution in [2.75, 3.05) is 0 Å². The first kappa shape index (κ1) is 30.2. The molecule has 9 unspecified atom stereocenters. The molecule has 9 atom stereocenters. The molecule has 4 aliphatic carbocycles. The lowest BCUT2D eigenvalue weighted by molar-refractivity contribution is -0.139. The number of carbonyl (C=O) groups is 2. The first-order chi connectivity index (χ1) is 19.5. The van der Waals surface area contributed by atoms with Crippen molar-refractivity contribution in [2.45, 2.75) is 124 Å². The van der Waals surface area contributed by atoms with Crippen molar-refractivity contribution in [3.05, 3.63) is 29.9 Å². The average Bonchev–Trinajstić information content (AvgIpc) is 3.55. The molecule has 7 heteroatoms. The molecule has 1 aromatic rings. The second-order valence-corrected chi connectivity index (χ2v) is 14.9. The first-order valence-electron chi connectivity index (χ1n) is 16.4. The Morgan fingerprint density at radius 1 is 1.12 bits per heavy atom. The highest BCUT2D eigenvalue weighted by Gasteiger charge is 2.59. The van der Waals surface area contributed by atoms with E-state index in [2.05, 4.69) is 56.0 Å². The Balaban J connectivity index is 1.20. The molecule has 1 amide bonds. The maximum absolute atomic E-state index is 12.7. The number of aliphatic carboxylic acids is 1. The Hall–Kier alpha value is -2.31. The number of aromatic nitrogens is 2. The quantitative estimate of drug-likeness (QED) is 0.253. The molecule has 1 aromatic heterocycles. The summed E-state index contributed by atoms with van der Waals surface area (Å²) in [6.45, 7) is 12.4. The van der Waals surface area contributed by atoms with E-state index in [1.165, 1.54) is 56.8 Å². The van der Waals surface area contributed by atoms with Crippen LogP contribution in [-0.4, -0.2) is 39.3 Å². The number of hydrogen-bond acceptors (Lipinski definition) is 4. The predicted octanol–water partition coefficient (Wildman–Crippen LogP) is 7.54. The third-order valence-electron chi connectivity index (χ3n) is 12.1. The molecule has 7 nitrogen and oxygen atoms in total. The summed E-state index contributed by atoms with van der Waals surface area (Å²) in [5, 5.41) is 12.2. The summed E-state index contributed by atoms with van der Waals surface area (Å²) in [6, 6.07) is -1.06. The first-order valence-corrected chi connectivity index (χ1v) is 16.4. The SMILES string of the molecule is CC(C)CCCC(C)C1CCC2C3CC=C4CC(OC(=O)NC(Cc5cnc[nH]5)C(=O)O)CCC4(C)C3CCC12C. The highest BCUT2D eigenvalue weighted by molar-refractivity contribution is 5.80. The summed E-state index contributed by atoms with van der Waals surface area (Å²) >= 11 is 0. The number of carbonyl (C=O) groups excluding carboxylic acids is 1. The number of nitrogens with zero attached hydrogens (tertiary/aromatic N) is 1. The topological polar surface area (TPSA) is 104 Å². The number of rotatable bonds is 10. The van der Waals surface area contributed by atoms with Gasteiger partial charge in [-0.15, -0.1) is 0 Å². The number of imidazole rings is 1. The van der Waals surface area contributed by atoms with Gasteiger partial charge in [0.25, 0.3) is 0 Å². The van der Waals surface area contributed by atoms with E-state index in [1.807, 2.05) is 0 Å². The maximum Gasteiger partial charge on any atom is 0.408 e. The van der Waals surface area contributed by atoms with Crippen molar-refractivity contribution in [2.24, 2.45) is 46.3 Å². The minimum atomic E-state index is -1.09. The monoisotopic (exact) mass is 567 g/mol. The van der Waals surface area contributed by atoms with Gasteiger partial charge in [-0.2, -0.15) is 0 Å². The second kappa shape index (κ2) is 12.1. The lowest BCUT2D eigenvalue weighted by Gasteiger charge is -2.58. The molecule has 0 aromatic carbocycles. The zero-order valence-corrected chi connectivity index (χ0v) is 26.0. The van der Waals surface area contributed by atoms with Crippen molar-refractivity contribution in [3.63, 3.8) is 0 Å². The summed E-state index contributed by atoms with van der Waals surface area (Å²) in [5.41, 5.74) is 2.79. The van der Waals surface area contributed by atoms with Gasteiger partial charge in [-0.1, -0.05) is 65.5 Å². The fourth-order valence-corrected chi connectivity index (χ4v) is 9.90. The number of H-pyrrole nitrogens is 1. The van der Waals surface area contributed by atoms with Crippen molar-refractivity contribution in [3.8, 4) is 0 Å². The van der Waals surface area contributed by atoms with Crippen LogP contribution in [0.4, 0.5) is 4.79 Å². The van der Waals surface area contributed by atoms with Crippen LogP contribution in [0.2, 0.25) is 0 Å². The number of allylic oxidation sites excluding steroid dienone is 1. The minimum absolute atomic E-state index is 0.138. The number of aromatic amines is 1. The van der Waals surface area contributed by atoms with Crippen LogP contribution >= 0.6 is 0 Å². The predicted molar refractivity (Wildman–Crippen MR) is 160 cm³/mol. The third kappa shape index (κ3) is 6.10. The molecule has 3 N–H and O–H groups in total. The highest BCUT2D eigenvalue weighted by atomic mass is 16.6. The van der Waals surface area contributed by atoms with Gasteiger partial charge in [-0.3, -0.25) is 0 Å². The van der Waals surface area contributed by atoms with Crippen molar-refractivity contribution in [1.29, 1.82) is 0 Å². The Morgan fingerprint density at radius 2 is 1.93 bits per heavy atom. The highest BCUT2D eigenvalue weighted by Crippen LogP contribution is 2.67. The fraction of sp³-hybridized carbons (Fsp3) is 0.794. The van der Waals surface area contributed by atoms with Crippen molar-refractivity contribution >= 4 is 12.1 Å². The molecule has 228 valence electrons. The number of nitrogens with one attached hydrogen (secondary N) is 2. The van der Waals surface area contributed by atoms with E-state index in [1.54, 1.807) is 6.20 Å². The van der Waals surface area contributed by atoms with E-state index >= 15 is 0 Å². The summed E-state index contributed by atoms with van der Waals surface area (Å²) < 4.78 is 5.81. The standard InChI is InChI=1S/C34H53N3O4/c1-21(2)7-6-8-22(3)27-11-12-28-26-10-9-23-17-25(13-15-33(23,4)29(26)14-16-34(27,28)5)41-32(40)37-30(31(38)39)18-24-19-35-20-36-24/h9,19-22,25-30H,6-8,10-18H2,1-5H3,(H,35,36)(H,37,40)(H,38,39). The van der Waals surface area contributed by atoms with Crippen LogP contribution in [0, 0.1) is 46.3 Å². The van der Waals surface area contributed by atoms with E-state index in [-0.39, 0.29) is 17.9 Å². The number of alkyl carbamates (subject to hydrolysis) is 1. The molecule has 3 fully saturated rings. The number of hydrogen-bond donors (Lipinski definition) is 3. The van der Waals surface area contributed by atoms with E-state index < -0.39 is 18.1 Å². The molecule has 41 heavy (non-hydrogen) atoms. The van der Waals surface area contributed by atoms with E-state index in [0.29, 0.717) is 11.1 Å². The van der Waals surface area contributed by atoms with Crippen LogP contribution in [0.3, 0.4) is 0 Å². The van der Waals surface area contributed by atoms with E-state index in [4.69, 9.17) is 4.74 Å². The van der Waals surface area contributed by atoms with Crippen LogP contribution < -0.4 is 5.32 Å². The molecule has 0 aliphatic heterocycles. The Morgan fingerprint density at radius 3 is 2.63 bits per heavy atom. The van der Waals surface area contributed by atoms with Gasteiger partial charge in [-0.25, -0.2) is 14.6 Å². The van der Waals surface area contributed by atoms with Crippen LogP contribution in [0.25, 0.3) is 0 Å². The molecule has 1 heterocycles. The largest absolute Gasteiger partial charge is 0.480 e. The van der Waals surface area contributed by atoms with E-state index in [9.17, 15) is 14.7 Å². The van der Waals surface area contributed by atoms with Gasteiger partial charge in [0.1, 0.15) is 12.1 Å². The number of fused-ring (bicyclic) bond motifs is 5. The lowest BCUT2D eigenvalue weighted by Crippen LogP contribution is -2.51. The molecular weight excluding hydrogens is 514 g/mol. The van der Waals surface area contributed by atoms with Gasteiger partial charge in [0.05, 0.1) is 6.33 Å². The zero-order valence-electron chi connectivity index (χ0n) is 26.0. The molecule has 0 radical (unpaired) electrons. The smallest absolute Gasteiger partial charge is 0.408 e. The number of amides is 1. The zero-order chi connectivity index (χ0) is 29.4. The van der Waals surface area contributed by atoms with Gasteiger partial charge in [-0.05, 0) is 91.3 Å². The molecule has 5 rings (SSSR count).